The van der Waals surface area contributed by atoms with E-state index >= 15 is 0 Å². The van der Waals surface area contributed by atoms with Gasteiger partial charge in [-0.2, -0.15) is 4.98 Å². The van der Waals surface area contributed by atoms with Crippen LogP contribution < -0.4 is 5.32 Å². The Morgan fingerprint density at radius 3 is 2.81 bits per heavy atom. The highest BCUT2D eigenvalue weighted by Gasteiger charge is 2.01. The third-order valence-corrected chi connectivity index (χ3v) is 2.10. The molecule has 0 spiro atoms. The average molecular weight is 218 g/mol. The number of rotatable bonds is 4. The van der Waals surface area contributed by atoms with E-state index in [1.165, 1.54) is 0 Å². The van der Waals surface area contributed by atoms with Gasteiger partial charge in [0.05, 0.1) is 0 Å². The molecular formula is C11H14N4O. The summed E-state index contributed by atoms with van der Waals surface area (Å²) in [6.07, 6.45) is 0.705. The summed E-state index contributed by atoms with van der Waals surface area (Å²) in [5, 5.41) is 6.93. The van der Waals surface area contributed by atoms with Crippen molar-refractivity contribution in [2.24, 2.45) is 0 Å². The minimum absolute atomic E-state index is 0.651. The fourth-order valence-electron chi connectivity index (χ4n) is 1.38. The Hall–Kier alpha value is -1.91. The summed E-state index contributed by atoms with van der Waals surface area (Å²) >= 11 is 0. The van der Waals surface area contributed by atoms with Crippen molar-refractivity contribution in [1.82, 2.24) is 15.1 Å². The molecule has 0 radical (unpaired) electrons. The number of nitrogens with one attached hydrogen (secondary N) is 1. The number of pyridine rings is 1. The van der Waals surface area contributed by atoms with E-state index in [4.69, 9.17) is 4.52 Å². The summed E-state index contributed by atoms with van der Waals surface area (Å²) in [6, 6.07) is 5.88. The zero-order chi connectivity index (χ0) is 11.4. The van der Waals surface area contributed by atoms with Gasteiger partial charge in [0.2, 0.25) is 5.89 Å². The molecule has 84 valence electrons. The van der Waals surface area contributed by atoms with Crippen LogP contribution in [0.25, 0.3) is 0 Å². The molecule has 2 heterocycles. The molecular weight excluding hydrogens is 204 g/mol. The molecule has 2 aromatic heterocycles. The summed E-state index contributed by atoms with van der Waals surface area (Å²) in [6.45, 7) is 4.51. The lowest BCUT2D eigenvalue weighted by molar-refractivity contribution is 0.377. The van der Waals surface area contributed by atoms with Gasteiger partial charge in [-0.05, 0) is 26.0 Å². The van der Waals surface area contributed by atoms with Crippen LogP contribution in [0.2, 0.25) is 0 Å². The number of hydrogen-bond donors (Lipinski definition) is 1. The fraction of sp³-hybridized carbons (Fsp3) is 0.364. The molecule has 0 unspecified atom stereocenters. The zero-order valence-electron chi connectivity index (χ0n) is 9.40. The van der Waals surface area contributed by atoms with Crippen LogP contribution in [-0.2, 0) is 6.42 Å². The first-order chi connectivity index (χ1) is 7.74. The van der Waals surface area contributed by atoms with Crippen molar-refractivity contribution in [3.8, 4) is 0 Å². The van der Waals surface area contributed by atoms with Crippen molar-refractivity contribution >= 4 is 5.82 Å². The van der Waals surface area contributed by atoms with E-state index in [0.717, 1.165) is 18.1 Å². The number of anilines is 1. The molecule has 0 aliphatic heterocycles. The first kappa shape index (κ1) is 10.6. The van der Waals surface area contributed by atoms with Crippen LogP contribution in [-0.4, -0.2) is 21.7 Å². The lowest BCUT2D eigenvalue weighted by Crippen LogP contribution is -2.06. The van der Waals surface area contributed by atoms with Crippen LogP contribution in [0, 0.1) is 13.8 Å². The van der Waals surface area contributed by atoms with Crippen molar-refractivity contribution in [2.45, 2.75) is 20.3 Å². The van der Waals surface area contributed by atoms with Gasteiger partial charge in [-0.25, -0.2) is 4.98 Å². The highest BCUT2D eigenvalue weighted by molar-refractivity contribution is 5.34. The van der Waals surface area contributed by atoms with Gasteiger partial charge in [-0.1, -0.05) is 11.2 Å². The number of hydrogen-bond acceptors (Lipinski definition) is 5. The van der Waals surface area contributed by atoms with Gasteiger partial charge in [-0.3, -0.25) is 0 Å². The predicted molar refractivity (Wildman–Crippen MR) is 60.2 cm³/mol. The maximum Gasteiger partial charge on any atom is 0.228 e. The van der Waals surface area contributed by atoms with E-state index in [0.29, 0.717) is 18.1 Å². The van der Waals surface area contributed by atoms with Crippen molar-refractivity contribution in [1.29, 1.82) is 0 Å². The SMILES string of the molecule is Cc1cccc(NCCc2nc(C)no2)n1. The molecule has 2 rings (SSSR count). The van der Waals surface area contributed by atoms with Gasteiger partial charge >= 0.3 is 0 Å². The quantitative estimate of drug-likeness (QED) is 0.846. The lowest BCUT2D eigenvalue weighted by atomic mass is 10.3. The topological polar surface area (TPSA) is 63.8 Å². The maximum atomic E-state index is 5.00. The summed E-state index contributed by atoms with van der Waals surface area (Å²) < 4.78 is 5.00. The van der Waals surface area contributed by atoms with Crippen molar-refractivity contribution < 1.29 is 4.52 Å². The molecule has 0 bridgehead atoms. The minimum Gasteiger partial charge on any atom is -0.370 e. The Morgan fingerprint density at radius 2 is 2.12 bits per heavy atom. The molecule has 16 heavy (non-hydrogen) atoms. The van der Waals surface area contributed by atoms with Gasteiger partial charge in [0.15, 0.2) is 5.82 Å². The van der Waals surface area contributed by atoms with Gasteiger partial charge in [0.25, 0.3) is 0 Å². The Balaban J connectivity index is 1.84. The molecule has 5 heteroatoms. The highest BCUT2D eigenvalue weighted by Crippen LogP contribution is 2.04. The maximum absolute atomic E-state index is 5.00. The van der Waals surface area contributed by atoms with Crippen LogP contribution in [0.15, 0.2) is 22.7 Å². The molecule has 0 atom stereocenters. The third kappa shape index (κ3) is 2.79. The standard InChI is InChI=1S/C11H14N4O/c1-8-4-3-5-10(13-8)12-7-6-11-14-9(2)15-16-11/h3-5H,6-7H2,1-2H3,(H,12,13). The van der Waals surface area contributed by atoms with Crippen LogP contribution in [0.5, 0.6) is 0 Å². The predicted octanol–water partition coefficient (Wildman–Crippen LogP) is 1.74. The molecule has 2 aromatic rings. The molecule has 0 aromatic carbocycles. The lowest BCUT2D eigenvalue weighted by Gasteiger charge is -2.03. The summed E-state index contributed by atoms with van der Waals surface area (Å²) in [4.78, 5) is 8.45. The van der Waals surface area contributed by atoms with Crippen molar-refractivity contribution in [2.75, 3.05) is 11.9 Å². The Labute approximate surface area is 93.9 Å². The molecule has 0 aliphatic rings. The van der Waals surface area contributed by atoms with Crippen LogP contribution in [0.4, 0.5) is 5.82 Å². The summed E-state index contributed by atoms with van der Waals surface area (Å²) in [5.74, 6) is 2.19. The number of nitrogens with zero attached hydrogens (tertiary/aromatic N) is 3. The third-order valence-electron chi connectivity index (χ3n) is 2.10. The monoisotopic (exact) mass is 218 g/mol. The second-order valence-corrected chi connectivity index (χ2v) is 3.58. The minimum atomic E-state index is 0.651. The van der Waals surface area contributed by atoms with Gasteiger partial charge < -0.3 is 9.84 Å². The smallest absolute Gasteiger partial charge is 0.228 e. The molecule has 0 saturated carbocycles. The molecule has 1 N–H and O–H groups in total. The molecule has 0 amide bonds. The van der Waals surface area contributed by atoms with E-state index in [2.05, 4.69) is 20.4 Å². The zero-order valence-corrected chi connectivity index (χ0v) is 9.40. The van der Waals surface area contributed by atoms with E-state index in [9.17, 15) is 0 Å². The van der Waals surface area contributed by atoms with E-state index in [1.807, 2.05) is 32.0 Å². The van der Waals surface area contributed by atoms with E-state index < -0.39 is 0 Å². The number of aromatic nitrogens is 3. The second-order valence-electron chi connectivity index (χ2n) is 3.58. The van der Waals surface area contributed by atoms with Gasteiger partial charge in [0, 0.05) is 18.7 Å². The van der Waals surface area contributed by atoms with E-state index in [1.54, 1.807) is 0 Å². The Bertz CT molecular complexity index is 467. The Morgan fingerprint density at radius 1 is 1.25 bits per heavy atom. The van der Waals surface area contributed by atoms with Crippen LogP contribution in [0.1, 0.15) is 17.4 Å². The molecule has 0 fully saturated rings. The first-order valence-electron chi connectivity index (χ1n) is 5.21. The van der Waals surface area contributed by atoms with E-state index in [-0.39, 0.29) is 0 Å². The normalized spacial score (nSPS) is 10.4. The van der Waals surface area contributed by atoms with Crippen molar-refractivity contribution in [3.05, 3.63) is 35.6 Å². The Kier molecular flexibility index (Phi) is 3.14. The molecule has 0 saturated heterocycles. The second kappa shape index (κ2) is 4.74. The largest absolute Gasteiger partial charge is 0.370 e. The van der Waals surface area contributed by atoms with Crippen LogP contribution in [0.3, 0.4) is 0 Å². The molecule has 5 nitrogen and oxygen atoms in total. The number of aryl methyl sites for hydroxylation is 2. The molecule has 0 aliphatic carbocycles. The first-order valence-corrected chi connectivity index (χ1v) is 5.21. The summed E-state index contributed by atoms with van der Waals surface area (Å²) in [7, 11) is 0. The van der Waals surface area contributed by atoms with Crippen LogP contribution >= 0.6 is 0 Å². The van der Waals surface area contributed by atoms with Gasteiger partial charge in [0.1, 0.15) is 5.82 Å². The fourth-order valence-corrected chi connectivity index (χ4v) is 1.38. The average Bonchev–Trinajstić information content (AvgIpc) is 2.64. The highest BCUT2D eigenvalue weighted by atomic mass is 16.5. The van der Waals surface area contributed by atoms with Gasteiger partial charge in [-0.15, -0.1) is 0 Å². The summed E-state index contributed by atoms with van der Waals surface area (Å²) in [5.41, 5.74) is 0.999. The van der Waals surface area contributed by atoms with Crippen molar-refractivity contribution in [3.63, 3.8) is 0 Å².